The minimum Gasteiger partial charge on any atom is -0.508 e. The number of benzene rings is 2. The average molecular weight is 232 g/mol. The van der Waals surface area contributed by atoms with Gasteiger partial charge in [-0.15, -0.1) is 0 Å². The highest BCUT2D eigenvalue weighted by atomic mass is 16.5. The largest absolute Gasteiger partial charge is 0.508 e. The Balaban J connectivity index is 2.04. The van der Waals surface area contributed by atoms with Crippen LogP contribution in [0.15, 0.2) is 42.5 Å². The summed E-state index contributed by atoms with van der Waals surface area (Å²) in [6, 6.07) is 10.7. The minimum atomic E-state index is -0.108. The number of ether oxygens (including phenoxy) is 1. The smallest absolute Gasteiger partial charge is 0.161 e. The molecule has 0 radical (unpaired) electrons. The zero-order chi connectivity index (χ0) is 12.3. The molecule has 0 heterocycles. The lowest BCUT2D eigenvalue weighted by Crippen LogP contribution is -1.95. The van der Waals surface area contributed by atoms with Gasteiger partial charge >= 0.3 is 0 Å². The maximum atomic E-state index is 9.49. The van der Waals surface area contributed by atoms with Crippen molar-refractivity contribution in [3.63, 3.8) is 0 Å². The Morgan fingerprint density at radius 2 is 1.47 bits per heavy atom. The molecular weight excluding hydrogens is 220 g/mol. The van der Waals surface area contributed by atoms with E-state index in [1.54, 1.807) is 24.3 Å². The number of phenolic OH excluding ortho intramolecular Hbond substituents is 3. The van der Waals surface area contributed by atoms with Crippen molar-refractivity contribution in [2.75, 3.05) is 0 Å². The topological polar surface area (TPSA) is 69.9 Å². The summed E-state index contributed by atoms with van der Waals surface area (Å²) in [6.07, 6.45) is 0. The van der Waals surface area contributed by atoms with E-state index in [4.69, 9.17) is 14.9 Å². The van der Waals surface area contributed by atoms with Crippen molar-refractivity contribution in [2.45, 2.75) is 6.61 Å². The second kappa shape index (κ2) is 4.65. The molecule has 0 unspecified atom stereocenters. The highest BCUT2D eigenvalue weighted by Crippen LogP contribution is 2.30. The van der Waals surface area contributed by atoms with Crippen molar-refractivity contribution < 1.29 is 20.1 Å². The molecule has 0 spiro atoms. The van der Waals surface area contributed by atoms with Gasteiger partial charge in [0.25, 0.3) is 0 Å². The van der Waals surface area contributed by atoms with Gasteiger partial charge in [-0.05, 0) is 29.8 Å². The SMILES string of the molecule is Oc1ccc(COc2ccc(O)cc2O)cc1. The Kier molecular flexibility index (Phi) is 3.05. The number of phenols is 3. The van der Waals surface area contributed by atoms with Crippen LogP contribution < -0.4 is 4.74 Å². The maximum Gasteiger partial charge on any atom is 0.161 e. The van der Waals surface area contributed by atoms with Gasteiger partial charge < -0.3 is 20.1 Å². The predicted octanol–water partition coefficient (Wildman–Crippen LogP) is 2.38. The molecule has 0 aliphatic heterocycles. The average Bonchev–Trinajstić information content (AvgIpc) is 2.30. The van der Waals surface area contributed by atoms with Crippen molar-refractivity contribution in [3.8, 4) is 23.0 Å². The lowest BCUT2D eigenvalue weighted by atomic mass is 10.2. The van der Waals surface area contributed by atoms with Crippen LogP contribution in [-0.4, -0.2) is 15.3 Å². The van der Waals surface area contributed by atoms with Gasteiger partial charge in [0, 0.05) is 6.07 Å². The molecule has 88 valence electrons. The Labute approximate surface area is 98.3 Å². The molecule has 4 heteroatoms. The molecule has 0 bridgehead atoms. The predicted molar refractivity (Wildman–Crippen MR) is 62.2 cm³/mol. The van der Waals surface area contributed by atoms with E-state index >= 15 is 0 Å². The molecule has 4 nitrogen and oxygen atoms in total. The molecule has 0 fully saturated rings. The second-order valence-corrected chi connectivity index (χ2v) is 3.61. The zero-order valence-electron chi connectivity index (χ0n) is 9.00. The van der Waals surface area contributed by atoms with Gasteiger partial charge in [0.05, 0.1) is 0 Å². The first-order valence-electron chi connectivity index (χ1n) is 5.08. The van der Waals surface area contributed by atoms with E-state index in [-0.39, 0.29) is 23.9 Å². The fourth-order valence-electron chi connectivity index (χ4n) is 1.38. The molecule has 2 aromatic carbocycles. The van der Waals surface area contributed by atoms with Gasteiger partial charge in [0.15, 0.2) is 11.5 Å². The van der Waals surface area contributed by atoms with Crippen molar-refractivity contribution in [1.82, 2.24) is 0 Å². The first-order chi connectivity index (χ1) is 8.15. The molecule has 2 rings (SSSR count). The summed E-state index contributed by atoms with van der Waals surface area (Å²) in [5, 5.41) is 27.7. The molecule has 0 saturated carbocycles. The Morgan fingerprint density at radius 3 is 2.12 bits per heavy atom. The van der Waals surface area contributed by atoms with Crippen molar-refractivity contribution in [2.24, 2.45) is 0 Å². The van der Waals surface area contributed by atoms with Crippen molar-refractivity contribution in [1.29, 1.82) is 0 Å². The summed E-state index contributed by atoms with van der Waals surface area (Å²) >= 11 is 0. The molecular formula is C13H12O4. The molecule has 17 heavy (non-hydrogen) atoms. The van der Waals surface area contributed by atoms with Gasteiger partial charge in [0.2, 0.25) is 0 Å². The summed E-state index contributed by atoms with van der Waals surface area (Å²) in [4.78, 5) is 0. The number of aromatic hydroxyl groups is 3. The van der Waals surface area contributed by atoms with Crippen LogP contribution in [0.1, 0.15) is 5.56 Å². The van der Waals surface area contributed by atoms with E-state index in [9.17, 15) is 5.11 Å². The van der Waals surface area contributed by atoms with Gasteiger partial charge in [-0.3, -0.25) is 0 Å². The standard InChI is InChI=1S/C13H12O4/c14-10-3-1-9(2-4-10)8-17-13-6-5-11(15)7-12(13)16/h1-7,14-16H,8H2. The van der Waals surface area contributed by atoms with Crippen LogP contribution in [0.3, 0.4) is 0 Å². The number of hydrogen-bond acceptors (Lipinski definition) is 4. The number of rotatable bonds is 3. The van der Waals surface area contributed by atoms with Gasteiger partial charge in [0.1, 0.15) is 18.1 Å². The molecule has 0 aliphatic carbocycles. The third-order valence-electron chi connectivity index (χ3n) is 2.27. The van der Waals surface area contributed by atoms with Crippen LogP contribution in [0.25, 0.3) is 0 Å². The molecule has 0 amide bonds. The summed E-state index contributed by atoms with van der Waals surface area (Å²) in [7, 11) is 0. The molecule has 2 aromatic rings. The fourth-order valence-corrected chi connectivity index (χ4v) is 1.38. The van der Waals surface area contributed by atoms with Crippen LogP contribution in [0, 0.1) is 0 Å². The van der Waals surface area contributed by atoms with Crippen molar-refractivity contribution in [3.05, 3.63) is 48.0 Å². The normalized spacial score (nSPS) is 10.1. The minimum absolute atomic E-state index is 0.0144. The van der Waals surface area contributed by atoms with Crippen molar-refractivity contribution >= 4 is 0 Å². The fraction of sp³-hybridized carbons (Fsp3) is 0.0769. The Morgan fingerprint density at radius 1 is 0.824 bits per heavy atom. The summed E-state index contributed by atoms with van der Waals surface area (Å²) in [5.41, 5.74) is 0.871. The Bertz CT molecular complexity index is 505. The van der Waals surface area contributed by atoms with E-state index in [1.807, 2.05) is 0 Å². The highest BCUT2D eigenvalue weighted by molar-refractivity contribution is 5.43. The van der Waals surface area contributed by atoms with E-state index in [0.29, 0.717) is 5.75 Å². The molecule has 0 aliphatic rings. The summed E-state index contributed by atoms with van der Waals surface area (Å²) < 4.78 is 5.37. The molecule has 0 aromatic heterocycles. The zero-order valence-corrected chi connectivity index (χ0v) is 9.00. The lowest BCUT2D eigenvalue weighted by Gasteiger charge is -2.08. The van der Waals surface area contributed by atoms with Gasteiger partial charge in [-0.2, -0.15) is 0 Å². The van der Waals surface area contributed by atoms with E-state index in [2.05, 4.69) is 0 Å². The van der Waals surface area contributed by atoms with Crippen LogP contribution in [0.5, 0.6) is 23.0 Å². The van der Waals surface area contributed by atoms with E-state index < -0.39 is 0 Å². The van der Waals surface area contributed by atoms with E-state index in [1.165, 1.54) is 18.2 Å². The number of hydrogen-bond donors (Lipinski definition) is 3. The first kappa shape index (κ1) is 11.1. The van der Waals surface area contributed by atoms with Gasteiger partial charge in [-0.25, -0.2) is 0 Å². The lowest BCUT2D eigenvalue weighted by molar-refractivity contribution is 0.288. The summed E-state index contributed by atoms with van der Waals surface area (Å²) in [6.45, 7) is 0.276. The third kappa shape index (κ3) is 2.81. The quantitative estimate of drug-likeness (QED) is 0.759. The Hall–Kier alpha value is -2.36. The third-order valence-corrected chi connectivity index (χ3v) is 2.27. The van der Waals surface area contributed by atoms with Crippen LogP contribution in [0.4, 0.5) is 0 Å². The van der Waals surface area contributed by atoms with Crippen LogP contribution in [0.2, 0.25) is 0 Å². The molecule has 0 saturated heterocycles. The van der Waals surface area contributed by atoms with Crippen LogP contribution >= 0.6 is 0 Å². The first-order valence-corrected chi connectivity index (χ1v) is 5.08. The second-order valence-electron chi connectivity index (χ2n) is 3.61. The van der Waals surface area contributed by atoms with Gasteiger partial charge in [-0.1, -0.05) is 12.1 Å². The summed E-state index contributed by atoms with van der Waals surface area (Å²) in [5.74, 6) is 0.375. The monoisotopic (exact) mass is 232 g/mol. The maximum absolute atomic E-state index is 9.49. The highest BCUT2D eigenvalue weighted by Gasteiger charge is 2.03. The molecule has 0 atom stereocenters. The van der Waals surface area contributed by atoms with Crippen LogP contribution in [-0.2, 0) is 6.61 Å². The van der Waals surface area contributed by atoms with E-state index in [0.717, 1.165) is 5.56 Å². The molecule has 3 N–H and O–H groups in total.